The number of tetrazole rings is 1. The Morgan fingerprint density at radius 3 is 2.90 bits per heavy atom. The molecule has 1 atom stereocenters. The van der Waals surface area contributed by atoms with Crippen LogP contribution in [0.1, 0.15) is 18.4 Å². The van der Waals surface area contributed by atoms with Gasteiger partial charge in [0.25, 0.3) is 0 Å². The van der Waals surface area contributed by atoms with Gasteiger partial charge in [0.2, 0.25) is 18.5 Å². The van der Waals surface area contributed by atoms with Crippen LogP contribution < -0.4 is 9.47 Å². The summed E-state index contributed by atoms with van der Waals surface area (Å²) in [4.78, 5) is 20.4. The Bertz CT molecular complexity index is 1020. The predicted molar refractivity (Wildman–Crippen MR) is 102 cm³/mol. The maximum atomic E-state index is 12.9. The highest BCUT2D eigenvalue weighted by atomic mass is 16.7. The Morgan fingerprint density at radius 1 is 1.14 bits per heavy atom. The van der Waals surface area contributed by atoms with E-state index in [0.717, 1.165) is 36.3 Å². The maximum absolute atomic E-state index is 12.9. The van der Waals surface area contributed by atoms with Crippen LogP contribution in [-0.4, -0.2) is 55.4 Å². The van der Waals surface area contributed by atoms with Crippen molar-refractivity contribution in [3.05, 3.63) is 48.3 Å². The number of amides is 1. The first kappa shape index (κ1) is 17.6. The van der Waals surface area contributed by atoms with Gasteiger partial charge in [0, 0.05) is 24.5 Å². The van der Waals surface area contributed by atoms with Gasteiger partial charge in [-0.1, -0.05) is 6.07 Å². The van der Waals surface area contributed by atoms with Crippen molar-refractivity contribution in [2.24, 2.45) is 0 Å². The number of likely N-dealkylation sites (tertiary alicyclic amines) is 1. The lowest BCUT2D eigenvalue weighted by Gasteiger charge is -2.24. The fourth-order valence-corrected chi connectivity index (χ4v) is 3.81. The third kappa shape index (κ3) is 3.63. The summed E-state index contributed by atoms with van der Waals surface area (Å²) >= 11 is 0. The molecule has 0 unspecified atom stereocenters. The van der Waals surface area contributed by atoms with Gasteiger partial charge in [0.1, 0.15) is 0 Å². The number of fused-ring (bicyclic) bond motifs is 1. The number of pyridine rings is 1. The normalized spacial score (nSPS) is 17.7. The highest BCUT2D eigenvalue weighted by Gasteiger charge is 2.30. The minimum absolute atomic E-state index is 0.0657. The third-order valence-electron chi connectivity index (χ3n) is 5.26. The largest absolute Gasteiger partial charge is 0.454 e. The zero-order valence-electron chi connectivity index (χ0n) is 15.8. The highest BCUT2D eigenvalue weighted by Crippen LogP contribution is 2.33. The molecule has 0 radical (unpaired) electrons. The summed E-state index contributed by atoms with van der Waals surface area (Å²) in [7, 11) is 0. The van der Waals surface area contributed by atoms with E-state index in [1.807, 2.05) is 35.2 Å². The van der Waals surface area contributed by atoms with Crippen LogP contribution in [-0.2, 0) is 17.8 Å². The van der Waals surface area contributed by atoms with Crippen LogP contribution >= 0.6 is 0 Å². The van der Waals surface area contributed by atoms with Crippen molar-refractivity contribution in [2.75, 3.05) is 13.3 Å². The molecule has 9 heteroatoms. The zero-order valence-corrected chi connectivity index (χ0v) is 15.8. The van der Waals surface area contributed by atoms with Crippen LogP contribution in [0, 0.1) is 0 Å². The van der Waals surface area contributed by atoms with Crippen LogP contribution in [0.25, 0.3) is 11.4 Å². The second-order valence-electron chi connectivity index (χ2n) is 7.15. The first-order valence-corrected chi connectivity index (χ1v) is 9.62. The number of hydrogen-bond donors (Lipinski definition) is 0. The Labute approximate surface area is 167 Å². The van der Waals surface area contributed by atoms with Gasteiger partial charge in [-0.15, -0.1) is 10.2 Å². The second kappa shape index (κ2) is 7.50. The average molecular weight is 392 g/mol. The van der Waals surface area contributed by atoms with E-state index in [-0.39, 0.29) is 18.7 Å². The molecule has 1 saturated heterocycles. The third-order valence-corrected chi connectivity index (χ3v) is 5.26. The molecule has 2 aliphatic heterocycles. The summed E-state index contributed by atoms with van der Waals surface area (Å²) in [6.07, 6.45) is 5.63. The van der Waals surface area contributed by atoms with Crippen LogP contribution in [0.2, 0.25) is 0 Å². The van der Waals surface area contributed by atoms with Crippen LogP contribution in [0.15, 0.2) is 42.7 Å². The van der Waals surface area contributed by atoms with E-state index in [1.165, 1.54) is 0 Å². The Balaban J connectivity index is 1.25. The van der Waals surface area contributed by atoms with Crippen molar-refractivity contribution in [3.63, 3.8) is 0 Å². The van der Waals surface area contributed by atoms with Gasteiger partial charge in [0.15, 0.2) is 11.5 Å². The van der Waals surface area contributed by atoms with Crippen LogP contribution in [0.5, 0.6) is 11.5 Å². The van der Waals surface area contributed by atoms with E-state index in [2.05, 4.69) is 20.4 Å². The summed E-state index contributed by atoms with van der Waals surface area (Å²) in [5.41, 5.74) is 1.79. The van der Waals surface area contributed by atoms with Crippen LogP contribution in [0.3, 0.4) is 0 Å². The lowest BCUT2D eigenvalue weighted by atomic mass is 10.1. The van der Waals surface area contributed by atoms with Gasteiger partial charge >= 0.3 is 0 Å². The minimum atomic E-state index is 0.0657. The smallest absolute Gasteiger partial charge is 0.231 e. The van der Waals surface area contributed by atoms with Gasteiger partial charge < -0.3 is 14.4 Å². The summed E-state index contributed by atoms with van der Waals surface area (Å²) in [5, 5.41) is 12.7. The molecule has 2 aromatic heterocycles. The van der Waals surface area contributed by atoms with Gasteiger partial charge in [-0.05, 0) is 47.9 Å². The number of carbonyl (C=O) groups is 1. The van der Waals surface area contributed by atoms with Crippen molar-refractivity contribution in [2.45, 2.75) is 31.8 Å². The molecule has 29 heavy (non-hydrogen) atoms. The monoisotopic (exact) mass is 392 g/mol. The summed E-state index contributed by atoms with van der Waals surface area (Å²) in [5.74, 6) is 2.08. The molecule has 0 bridgehead atoms. The number of ether oxygens (including phenoxy) is 2. The number of rotatable bonds is 5. The van der Waals surface area contributed by atoms with E-state index in [0.29, 0.717) is 24.5 Å². The zero-order chi connectivity index (χ0) is 19.6. The second-order valence-corrected chi connectivity index (χ2v) is 7.15. The molecule has 5 rings (SSSR count). The molecule has 1 amide bonds. The van der Waals surface area contributed by atoms with E-state index in [1.54, 1.807) is 17.2 Å². The van der Waals surface area contributed by atoms with Crippen LogP contribution in [0.4, 0.5) is 0 Å². The first-order chi connectivity index (χ1) is 14.3. The predicted octanol–water partition coefficient (Wildman–Crippen LogP) is 1.70. The average Bonchev–Trinajstić information content (AvgIpc) is 3.49. The van der Waals surface area contributed by atoms with Gasteiger partial charge in [0.05, 0.1) is 19.0 Å². The fraction of sp³-hybridized carbons (Fsp3) is 0.350. The molecular weight excluding hydrogens is 372 g/mol. The lowest BCUT2D eigenvalue weighted by Crippen LogP contribution is -2.39. The molecule has 0 aliphatic carbocycles. The minimum Gasteiger partial charge on any atom is -0.454 e. The van der Waals surface area contributed by atoms with E-state index < -0.39 is 0 Å². The van der Waals surface area contributed by atoms with Crippen molar-refractivity contribution < 1.29 is 14.3 Å². The molecule has 148 valence electrons. The van der Waals surface area contributed by atoms with Gasteiger partial charge in [-0.25, -0.2) is 0 Å². The Morgan fingerprint density at radius 2 is 2.00 bits per heavy atom. The number of hydrogen-bond acceptors (Lipinski definition) is 7. The molecule has 4 heterocycles. The van der Waals surface area contributed by atoms with Crippen molar-refractivity contribution in [1.29, 1.82) is 0 Å². The molecule has 3 aromatic rings. The SMILES string of the molecule is O=C(Cc1ccc2c(c1)OCO2)N1CCC[C@@H]1Cn1nnc(-c2ccncc2)n1. The van der Waals surface area contributed by atoms with E-state index in [4.69, 9.17) is 9.47 Å². The number of aromatic nitrogens is 5. The van der Waals surface area contributed by atoms with E-state index in [9.17, 15) is 4.79 Å². The van der Waals surface area contributed by atoms with Crippen molar-refractivity contribution in [3.8, 4) is 22.9 Å². The quantitative estimate of drug-likeness (QED) is 0.652. The summed E-state index contributed by atoms with van der Waals surface area (Å²) in [6, 6.07) is 9.40. The Kier molecular flexibility index (Phi) is 4.55. The molecule has 0 saturated carbocycles. The lowest BCUT2D eigenvalue weighted by molar-refractivity contribution is -0.131. The molecule has 1 aromatic carbocycles. The molecule has 0 spiro atoms. The molecular formula is C20H20N6O3. The van der Waals surface area contributed by atoms with Crippen molar-refractivity contribution in [1.82, 2.24) is 30.1 Å². The van der Waals surface area contributed by atoms with E-state index >= 15 is 0 Å². The highest BCUT2D eigenvalue weighted by molar-refractivity contribution is 5.79. The summed E-state index contributed by atoms with van der Waals surface area (Å²) in [6.45, 7) is 1.51. The van der Waals surface area contributed by atoms with Crippen molar-refractivity contribution >= 4 is 5.91 Å². The molecule has 9 nitrogen and oxygen atoms in total. The summed E-state index contributed by atoms with van der Waals surface area (Å²) < 4.78 is 10.7. The number of benzene rings is 1. The van der Waals surface area contributed by atoms with Gasteiger partial charge in [-0.3, -0.25) is 9.78 Å². The van der Waals surface area contributed by atoms with Gasteiger partial charge in [-0.2, -0.15) is 4.80 Å². The Hall–Kier alpha value is -3.49. The molecule has 2 aliphatic rings. The standard InChI is InChI=1S/C20H20N6O3/c27-19(11-14-3-4-17-18(10-14)29-13-28-17)25-9-1-2-16(25)12-26-23-20(22-24-26)15-5-7-21-8-6-15/h3-8,10,16H,1-2,9,11-13H2/t16-/m1/s1. The number of nitrogens with zero attached hydrogens (tertiary/aromatic N) is 6. The molecule has 1 fully saturated rings. The number of carbonyl (C=O) groups excluding carboxylic acids is 1. The first-order valence-electron chi connectivity index (χ1n) is 9.62. The molecule has 0 N–H and O–H groups in total. The fourth-order valence-electron chi connectivity index (χ4n) is 3.81. The topological polar surface area (TPSA) is 95.3 Å². The maximum Gasteiger partial charge on any atom is 0.231 e.